The second-order valence-electron chi connectivity index (χ2n) is 8.72. The zero-order valence-electron chi connectivity index (χ0n) is 19.8. The van der Waals surface area contributed by atoms with Crippen LogP contribution in [0.5, 0.6) is 0 Å². The van der Waals surface area contributed by atoms with E-state index in [-0.39, 0.29) is 5.78 Å². The molecule has 0 aliphatic heterocycles. The van der Waals surface area contributed by atoms with Crippen LogP contribution in [0.1, 0.15) is 116 Å². The summed E-state index contributed by atoms with van der Waals surface area (Å²) in [6.07, 6.45) is 26.9. The van der Waals surface area contributed by atoms with Gasteiger partial charge < -0.3 is 0 Å². The predicted octanol–water partition coefficient (Wildman–Crippen LogP) is 9.33. The first-order chi connectivity index (χ1) is 14.8. The van der Waals surface area contributed by atoms with Crippen LogP contribution in [0.25, 0.3) is 6.08 Å². The predicted molar refractivity (Wildman–Crippen MR) is 134 cm³/mol. The average Bonchev–Trinajstić information content (AvgIpc) is 2.76. The summed E-state index contributed by atoms with van der Waals surface area (Å²) in [7, 11) is 0. The lowest BCUT2D eigenvalue weighted by Gasteiger charge is -2.11. The van der Waals surface area contributed by atoms with Gasteiger partial charge in [-0.2, -0.15) is 0 Å². The Labute approximate surface area is 187 Å². The number of hydrogen-bond donors (Lipinski definition) is 0. The molecule has 1 heteroatoms. The molecule has 30 heavy (non-hydrogen) atoms. The van der Waals surface area contributed by atoms with E-state index in [0.717, 1.165) is 12.8 Å². The van der Waals surface area contributed by atoms with Gasteiger partial charge in [-0.15, -0.1) is 0 Å². The Morgan fingerprint density at radius 1 is 0.800 bits per heavy atom. The minimum Gasteiger partial charge on any atom is -0.295 e. The normalized spacial score (nSPS) is 12.7. The van der Waals surface area contributed by atoms with Crippen molar-refractivity contribution in [2.45, 2.75) is 110 Å². The highest BCUT2D eigenvalue weighted by Gasteiger charge is 2.09. The minimum absolute atomic E-state index is 0.287. The molecule has 0 amide bonds. The van der Waals surface area contributed by atoms with E-state index < -0.39 is 0 Å². The summed E-state index contributed by atoms with van der Waals surface area (Å²) in [4.78, 5) is 12.5. The van der Waals surface area contributed by atoms with E-state index in [1.54, 1.807) is 0 Å². The lowest BCUT2D eigenvalue weighted by molar-refractivity contribution is -0.115. The first-order valence-electron chi connectivity index (χ1n) is 12.7. The third-order valence-corrected chi connectivity index (χ3v) is 5.78. The van der Waals surface area contributed by atoms with Crippen LogP contribution in [-0.2, 0) is 4.79 Å². The Bertz CT molecular complexity index is 569. The molecule has 0 radical (unpaired) electrons. The summed E-state index contributed by atoms with van der Waals surface area (Å²) < 4.78 is 0. The standard InChI is InChI=1S/C29H46O/c1-3-5-7-9-11-12-14-19-23-29(30)26-28(22-16-13-10-8-6-4-2)25-24-27-20-17-15-18-21-27/h15,17-21,23-25,28H,3-14,16,22,26H2,1-2H3/b23-19+,25-24+/t28-/m1/s1. The molecule has 168 valence electrons. The SMILES string of the molecule is CCCCCCCC/C=C/C(=O)C[C@@H](/C=C/c1ccccc1)CCCCCCCC. The fourth-order valence-corrected chi connectivity index (χ4v) is 3.85. The molecule has 0 aliphatic rings. The molecule has 0 aliphatic carbocycles. The second kappa shape index (κ2) is 19.3. The maximum absolute atomic E-state index is 12.5. The molecule has 1 atom stereocenters. The molecule has 0 heterocycles. The summed E-state index contributed by atoms with van der Waals surface area (Å²) in [5.41, 5.74) is 1.22. The summed E-state index contributed by atoms with van der Waals surface area (Å²) in [5.74, 6) is 0.636. The maximum atomic E-state index is 12.5. The molecule has 1 aromatic carbocycles. The van der Waals surface area contributed by atoms with Crippen LogP contribution in [0.2, 0.25) is 0 Å². The van der Waals surface area contributed by atoms with E-state index in [1.807, 2.05) is 12.1 Å². The highest BCUT2D eigenvalue weighted by Crippen LogP contribution is 2.19. The zero-order chi connectivity index (χ0) is 21.7. The molecule has 0 unspecified atom stereocenters. The Balaban J connectivity index is 2.39. The Morgan fingerprint density at radius 2 is 1.40 bits per heavy atom. The van der Waals surface area contributed by atoms with Crippen molar-refractivity contribution in [3.63, 3.8) is 0 Å². The number of hydrogen-bond acceptors (Lipinski definition) is 1. The van der Waals surface area contributed by atoms with E-state index >= 15 is 0 Å². The monoisotopic (exact) mass is 410 g/mol. The molecular weight excluding hydrogens is 364 g/mol. The molecule has 1 rings (SSSR count). The Hall–Kier alpha value is -1.63. The van der Waals surface area contributed by atoms with Crippen molar-refractivity contribution >= 4 is 11.9 Å². The Kier molecular flexibility index (Phi) is 17.0. The van der Waals surface area contributed by atoms with Crippen molar-refractivity contribution in [1.29, 1.82) is 0 Å². The summed E-state index contributed by atoms with van der Waals surface area (Å²) in [6.45, 7) is 4.51. The second-order valence-corrected chi connectivity index (χ2v) is 8.72. The lowest BCUT2D eigenvalue weighted by atomic mass is 9.93. The van der Waals surface area contributed by atoms with Gasteiger partial charge in [0.2, 0.25) is 0 Å². The van der Waals surface area contributed by atoms with Gasteiger partial charge in [0.05, 0.1) is 0 Å². The van der Waals surface area contributed by atoms with Crippen molar-refractivity contribution in [2.24, 2.45) is 5.92 Å². The van der Waals surface area contributed by atoms with Gasteiger partial charge in [-0.3, -0.25) is 4.79 Å². The van der Waals surface area contributed by atoms with Crippen LogP contribution >= 0.6 is 0 Å². The van der Waals surface area contributed by atoms with Gasteiger partial charge in [0.25, 0.3) is 0 Å². The summed E-state index contributed by atoms with van der Waals surface area (Å²) in [5, 5.41) is 0. The van der Waals surface area contributed by atoms with Crippen LogP contribution in [0, 0.1) is 5.92 Å². The molecular formula is C29H46O. The fraction of sp³-hybridized carbons (Fsp3) is 0.621. The summed E-state index contributed by atoms with van der Waals surface area (Å²) in [6, 6.07) is 10.4. The number of carbonyl (C=O) groups excluding carboxylic acids is 1. The van der Waals surface area contributed by atoms with Crippen LogP contribution in [-0.4, -0.2) is 5.78 Å². The highest BCUT2D eigenvalue weighted by atomic mass is 16.1. The number of ketones is 1. The van der Waals surface area contributed by atoms with E-state index in [9.17, 15) is 4.79 Å². The van der Waals surface area contributed by atoms with Crippen LogP contribution in [0.4, 0.5) is 0 Å². The van der Waals surface area contributed by atoms with Crippen molar-refractivity contribution in [2.75, 3.05) is 0 Å². The molecule has 0 aromatic heterocycles. The van der Waals surface area contributed by atoms with E-state index in [1.165, 1.54) is 82.6 Å². The van der Waals surface area contributed by atoms with Crippen molar-refractivity contribution in [3.8, 4) is 0 Å². The van der Waals surface area contributed by atoms with Gasteiger partial charge in [0.15, 0.2) is 5.78 Å². The smallest absolute Gasteiger partial charge is 0.155 e. The highest BCUT2D eigenvalue weighted by molar-refractivity contribution is 5.89. The van der Waals surface area contributed by atoms with Gasteiger partial charge >= 0.3 is 0 Å². The third kappa shape index (κ3) is 15.2. The van der Waals surface area contributed by atoms with Crippen LogP contribution < -0.4 is 0 Å². The average molecular weight is 411 g/mol. The minimum atomic E-state index is 0.287. The van der Waals surface area contributed by atoms with Crippen molar-refractivity contribution in [3.05, 3.63) is 54.1 Å². The van der Waals surface area contributed by atoms with Crippen LogP contribution in [0.3, 0.4) is 0 Å². The largest absolute Gasteiger partial charge is 0.295 e. The van der Waals surface area contributed by atoms with Gasteiger partial charge in [-0.05, 0) is 36.8 Å². The van der Waals surface area contributed by atoms with Gasteiger partial charge in [-0.25, -0.2) is 0 Å². The number of carbonyl (C=O) groups is 1. The van der Waals surface area contributed by atoms with Crippen molar-refractivity contribution in [1.82, 2.24) is 0 Å². The molecule has 1 nitrogen and oxygen atoms in total. The number of rotatable bonds is 19. The van der Waals surface area contributed by atoms with E-state index in [4.69, 9.17) is 0 Å². The van der Waals surface area contributed by atoms with E-state index in [0.29, 0.717) is 12.3 Å². The topological polar surface area (TPSA) is 17.1 Å². The third-order valence-electron chi connectivity index (χ3n) is 5.78. The lowest BCUT2D eigenvalue weighted by Crippen LogP contribution is -2.04. The molecule has 0 bridgehead atoms. The van der Waals surface area contributed by atoms with Crippen LogP contribution in [0.15, 0.2) is 48.6 Å². The van der Waals surface area contributed by atoms with Crippen molar-refractivity contribution < 1.29 is 4.79 Å². The molecule has 0 spiro atoms. The first kappa shape index (κ1) is 26.4. The first-order valence-corrected chi connectivity index (χ1v) is 12.7. The van der Waals surface area contributed by atoms with Gasteiger partial charge in [-0.1, -0.05) is 133 Å². The number of unbranched alkanes of at least 4 members (excludes halogenated alkanes) is 11. The maximum Gasteiger partial charge on any atom is 0.155 e. The van der Waals surface area contributed by atoms with Gasteiger partial charge in [0, 0.05) is 6.42 Å². The zero-order valence-corrected chi connectivity index (χ0v) is 19.8. The molecule has 1 aromatic rings. The molecule has 0 saturated heterocycles. The number of benzene rings is 1. The Morgan fingerprint density at radius 3 is 2.07 bits per heavy atom. The molecule has 0 saturated carbocycles. The van der Waals surface area contributed by atoms with E-state index in [2.05, 4.69) is 56.3 Å². The molecule has 0 fully saturated rings. The fourth-order valence-electron chi connectivity index (χ4n) is 3.85. The van der Waals surface area contributed by atoms with Gasteiger partial charge in [0.1, 0.15) is 0 Å². The quantitative estimate of drug-likeness (QED) is 0.164. The number of allylic oxidation sites excluding steroid dienone is 3. The molecule has 0 N–H and O–H groups in total. The summed E-state index contributed by atoms with van der Waals surface area (Å²) >= 11 is 0.